The molecule has 4 nitrogen and oxygen atoms in total. The summed E-state index contributed by atoms with van der Waals surface area (Å²) in [4.78, 5) is 13.6. The van der Waals surface area contributed by atoms with Gasteiger partial charge in [-0.05, 0) is 20.4 Å². The van der Waals surface area contributed by atoms with Gasteiger partial charge >= 0.3 is 0 Å². The number of nitrogens with zero attached hydrogens (tertiary/aromatic N) is 1. The monoisotopic (exact) mass is 264 g/mol. The lowest BCUT2D eigenvalue weighted by atomic mass is 9.64. The van der Waals surface area contributed by atoms with Crippen molar-refractivity contribution in [1.82, 2.24) is 10.2 Å². The van der Waals surface area contributed by atoms with Crippen molar-refractivity contribution in [3.8, 4) is 0 Å². The van der Waals surface area contributed by atoms with Gasteiger partial charge in [0.05, 0.1) is 12.6 Å². The summed E-state index contributed by atoms with van der Waals surface area (Å²) in [5.74, 6) is 0.149. The van der Waals surface area contributed by atoms with Crippen molar-refractivity contribution in [3.05, 3.63) is 0 Å². The molecule has 0 aromatic carbocycles. The van der Waals surface area contributed by atoms with Crippen LogP contribution < -0.4 is 5.32 Å². The highest BCUT2D eigenvalue weighted by atomic mass is 35.5. The van der Waals surface area contributed by atoms with Crippen molar-refractivity contribution in [2.24, 2.45) is 5.41 Å². The molecule has 102 valence electrons. The molecule has 1 aliphatic rings. The summed E-state index contributed by atoms with van der Waals surface area (Å²) in [7, 11) is 3.68. The number of carbonyl (C=O) groups is 1. The lowest BCUT2D eigenvalue weighted by Crippen LogP contribution is -2.63. The first kappa shape index (κ1) is 16.7. The molecule has 1 amide bonds. The summed E-state index contributed by atoms with van der Waals surface area (Å²) in [6.45, 7) is 7.51. The van der Waals surface area contributed by atoms with Crippen molar-refractivity contribution >= 4 is 18.3 Å². The van der Waals surface area contributed by atoms with Crippen LogP contribution >= 0.6 is 12.4 Å². The van der Waals surface area contributed by atoms with Crippen LogP contribution in [-0.4, -0.2) is 50.2 Å². The van der Waals surface area contributed by atoms with Gasteiger partial charge in [0.2, 0.25) is 5.91 Å². The Labute approximate surface area is 110 Å². The first-order valence-corrected chi connectivity index (χ1v) is 5.97. The molecule has 1 N–H and O–H groups in total. The third-order valence-corrected chi connectivity index (χ3v) is 3.68. The lowest BCUT2D eigenvalue weighted by Gasteiger charge is -2.54. The van der Waals surface area contributed by atoms with Crippen LogP contribution in [-0.2, 0) is 9.53 Å². The zero-order valence-corrected chi connectivity index (χ0v) is 12.3. The number of carbonyl (C=O) groups excluding carboxylic acids is 1. The Kier molecular flexibility index (Phi) is 6.45. The Balaban J connectivity index is 0.00000256. The number of halogens is 1. The Morgan fingerprint density at radius 1 is 1.53 bits per heavy atom. The van der Waals surface area contributed by atoms with Crippen LogP contribution in [0.15, 0.2) is 0 Å². The van der Waals surface area contributed by atoms with Crippen molar-refractivity contribution in [2.75, 3.05) is 27.2 Å². The number of rotatable bonds is 5. The fourth-order valence-corrected chi connectivity index (χ4v) is 2.46. The zero-order valence-electron chi connectivity index (χ0n) is 11.4. The topological polar surface area (TPSA) is 41.6 Å². The third-order valence-electron chi connectivity index (χ3n) is 3.68. The lowest BCUT2D eigenvalue weighted by molar-refractivity contribution is -0.162. The minimum atomic E-state index is 0. The molecule has 2 unspecified atom stereocenters. The van der Waals surface area contributed by atoms with Gasteiger partial charge < -0.3 is 15.0 Å². The molecule has 1 aliphatic carbocycles. The summed E-state index contributed by atoms with van der Waals surface area (Å²) in [5.41, 5.74) is 0.0637. The van der Waals surface area contributed by atoms with Crippen molar-refractivity contribution in [2.45, 2.75) is 39.3 Å². The summed E-state index contributed by atoms with van der Waals surface area (Å²) in [5, 5.41) is 2.89. The van der Waals surface area contributed by atoms with Gasteiger partial charge in [-0.2, -0.15) is 0 Å². The van der Waals surface area contributed by atoms with E-state index in [2.05, 4.69) is 19.2 Å². The molecule has 2 atom stereocenters. The second-order valence-electron chi connectivity index (χ2n) is 5.05. The van der Waals surface area contributed by atoms with Crippen LogP contribution in [0.4, 0.5) is 0 Å². The van der Waals surface area contributed by atoms with E-state index in [1.807, 2.05) is 18.9 Å². The van der Waals surface area contributed by atoms with Gasteiger partial charge in [-0.3, -0.25) is 4.79 Å². The molecular formula is C12H25ClN2O2. The van der Waals surface area contributed by atoms with Gasteiger partial charge in [-0.15, -0.1) is 12.4 Å². The molecule has 0 aliphatic heterocycles. The molecule has 5 heteroatoms. The first-order valence-electron chi connectivity index (χ1n) is 5.97. The van der Waals surface area contributed by atoms with Gasteiger partial charge in [-0.1, -0.05) is 13.8 Å². The fraction of sp³-hybridized carbons (Fsp3) is 0.917. The van der Waals surface area contributed by atoms with E-state index >= 15 is 0 Å². The highest BCUT2D eigenvalue weighted by molar-refractivity contribution is 5.85. The predicted molar refractivity (Wildman–Crippen MR) is 71.5 cm³/mol. The van der Waals surface area contributed by atoms with Crippen LogP contribution in [0.2, 0.25) is 0 Å². The molecular weight excluding hydrogens is 240 g/mol. The Bertz CT molecular complexity index is 259. The minimum Gasteiger partial charge on any atom is -0.378 e. The molecule has 0 spiro atoms. The molecule has 17 heavy (non-hydrogen) atoms. The Morgan fingerprint density at radius 3 is 2.53 bits per heavy atom. The molecule has 0 saturated heterocycles. The van der Waals surface area contributed by atoms with Gasteiger partial charge in [0.1, 0.15) is 0 Å². The van der Waals surface area contributed by atoms with Gasteiger partial charge in [0.15, 0.2) is 0 Å². The highest BCUT2D eigenvalue weighted by Gasteiger charge is 2.51. The standard InChI is InChI=1S/C12H24N2O2.ClH/c1-6-16-10-7-9(12(10,2)3)14(5)11(15)8-13-4;/h9-10,13H,6-8H2,1-5H3;1H. The van der Waals surface area contributed by atoms with Gasteiger partial charge in [0.25, 0.3) is 0 Å². The van der Waals surface area contributed by atoms with Crippen LogP contribution in [0.5, 0.6) is 0 Å². The summed E-state index contributed by atoms with van der Waals surface area (Å²) >= 11 is 0. The Hall–Kier alpha value is -0.320. The summed E-state index contributed by atoms with van der Waals surface area (Å²) in [6, 6.07) is 0.296. The normalized spacial score (nSPS) is 25.7. The van der Waals surface area contributed by atoms with E-state index in [4.69, 9.17) is 4.74 Å². The summed E-state index contributed by atoms with van der Waals surface area (Å²) in [6.07, 6.45) is 1.24. The second-order valence-corrected chi connectivity index (χ2v) is 5.05. The molecule has 0 aromatic heterocycles. The van der Waals surface area contributed by atoms with E-state index in [-0.39, 0.29) is 29.8 Å². The van der Waals surface area contributed by atoms with Crippen LogP contribution in [0.3, 0.4) is 0 Å². The maximum absolute atomic E-state index is 11.8. The quantitative estimate of drug-likeness (QED) is 0.814. The Morgan fingerprint density at radius 2 is 2.12 bits per heavy atom. The van der Waals surface area contributed by atoms with E-state index in [1.54, 1.807) is 7.05 Å². The van der Waals surface area contributed by atoms with E-state index in [0.29, 0.717) is 12.6 Å². The van der Waals surface area contributed by atoms with E-state index in [1.165, 1.54) is 0 Å². The van der Waals surface area contributed by atoms with E-state index in [9.17, 15) is 4.79 Å². The number of likely N-dealkylation sites (N-methyl/N-ethyl adjacent to an activating group) is 2. The zero-order chi connectivity index (χ0) is 12.3. The number of hydrogen-bond acceptors (Lipinski definition) is 3. The van der Waals surface area contributed by atoms with Crippen LogP contribution in [0.25, 0.3) is 0 Å². The molecule has 0 heterocycles. The minimum absolute atomic E-state index is 0. The van der Waals surface area contributed by atoms with Crippen molar-refractivity contribution in [1.29, 1.82) is 0 Å². The average molecular weight is 265 g/mol. The molecule has 0 bridgehead atoms. The van der Waals surface area contributed by atoms with Gasteiger partial charge in [-0.25, -0.2) is 0 Å². The van der Waals surface area contributed by atoms with E-state index in [0.717, 1.165) is 13.0 Å². The molecule has 0 radical (unpaired) electrons. The van der Waals surface area contributed by atoms with Gasteiger partial charge in [0, 0.05) is 25.1 Å². The maximum atomic E-state index is 11.8. The third kappa shape index (κ3) is 3.33. The summed E-state index contributed by atoms with van der Waals surface area (Å²) < 4.78 is 5.66. The van der Waals surface area contributed by atoms with Crippen LogP contribution in [0.1, 0.15) is 27.2 Å². The predicted octanol–water partition coefficient (Wildman–Crippen LogP) is 1.29. The molecule has 1 fully saturated rings. The highest BCUT2D eigenvalue weighted by Crippen LogP contribution is 2.45. The largest absolute Gasteiger partial charge is 0.378 e. The number of ether oxygens (including phenoxy) is 1. The number of nitrogens with one attached hydrogen (secondary N) is 1. The van der Waals surface area contributed by atoms with Crippen molar-refractivity contribution in [3.63, 3.8) is 0 Å². The maximum Gasteiger partial charge on any atom is 0.236 e. The van der Waals surface area contributed by atoms with Crippen molar-refractivity contribution < 1.29 is 9.53 Å². The SMILES string of the molecule is CCOC1CC(N(C)C(=O)CNC)C1(C)C.Cl. The van der Waals surface area contributed by atoms with E-state index < -0.39 is 0 Å². The number of amides is 1. The average Bonchev–Trinajstić information content (AvgIpc) is 2.23. The fourth-order valence-electron chi connectivity index (χ4n) is 2.46. The second kappa shape index (κ2) is 6.57. The molecule has 1 rings (SSSR count). The van der Waals surface area contributed by atoms with Crippen LogP contribution in [0, 0.1) is 5.41 Å². The smallest absolute Gasteiger partial charge is 0.236 e. The molecule has 1 saturated carbocycles. The molecule has 0 aromatic rings. The first-order chi connectivity index (χ1) is 7.45. The number of hydrogen-bond donors (Lipinski definition) is 1.